The van der Waals surface area contributed by atoms with Gasteiger partial charge in [-0.05, 0) is 53.6 Å². The van der Waals surface area contributed by atoms with Crippen LogP contribution in [0.4, 0.5) is 5.69 Å². The second kappa shape index (κ2) is 16.2. The summed E-state index contributed by atoms with van der Waals surface area (Å²) in [4.78, 5) is 29.3. The van der Waals surface area contributed by atoms with Crippen LogP contribution in [0.5, 0.6) is 23.0 Å². The molecule has 0 radical (unpaired) electrons. The van der Waals surface area contributed by atoms with Crippen molar-refractivity contribution in [1.82, 2.24) is 10.2 Å². The first kappa shape index (κ1) is 35.9. The second-order valence-corrected chi connectivity index (χ2v) is 12.8. The lowest BCUT2D eigenvalue weighted by molar-refractivity contribution is -0.139. The molecule has 0 spiro atoms. The van der Waals surface area contributed by atoms with E-state index in [2.05, 4.69) is 5.32 Å². The lowest BCUT2D eigenvalue weighted by Gasteiger charge is -2.34. The molecule has 1 atom stereocenters. The van der Waals surface area contributed by atoms with Gasteiger partial charge in [-0.3, -0.25) is 13.9 Å². The van der Waals surface area contributed by atoms with Gasteiger partial charge in [0.05, 0.1) is 39.0 Å². The largest absolute Gasteiger partial charge is 0.497 e. The molecule has 0 fully saturated rings. The number of amides is 2. The molecule has 13 heteroatoms. The molecule has 11 nitrogen and oxygen atoms in total. The predicted octanol–water partition coefficient (Wildman–Crippen LogP) is 4.96. The van der Waals surface area contributed by atoms with Gasteiger partial charge in [0.15, 0.2) is 11.5 Å². The van der Waals surface area contributed by atoms with Crippen LogP contribution in [0.25, 0.3) is 0 Å². The van der Waals surface area contributed by atoms with E-state index in [4.69, 9.17) is 30.5 Å². The minimum atomic E-state index is -4.49. The highest BCUT2D eigenvalue weighted by atomic mass is 35.5. The van der Waals surface area contributed by atoms with Gasteiger partial charge in [0, 0.05) is 31.1 Å². The van der Waals surface area contributed by atoms with Crippen molar-refractivity contribution in [2.45, 2.75) is 23.9 Å². The van der Waals surface area contributed by atoms with Crippen molar-refractivity contribution in [3.63, 3.8) is 0 Å². The van der Waals surface area contributed by atoms with Gasteiger partial charge in [0.1, 0.15) is 24.1 Å². The number of halogens is 1. The van der Waals surface area contributed by atoms with E-state index in [-0.39, 0.29) is 40.1 Å². The molecule has 0 aromatic heterocycles. The number of nitrogens with one attached hydrogen (secondary N) is 1. The van der Waals surface area contributed by atoms with Crippen molar-refractivity contribution >= 4 is 39.1 Å². The summed E-state index contributed by atoms with van der Waals surface area (Å²) in [6.07, 6.45) is 0.166. The quantitative estimate of drug-likeness (QED) is 0.185. The third kappa shape index (κ3) is 8.31. The molecule has 0 unspecified atom stereocenters. The number of hydrogen-bond acceptors (Lipinski definition) is 8. The summed E-state index contributed by atoms with van der Waals surface area (Å²) in [5, 5.41) is 2.88. The van der Waals surface area contributed by atoms with Crippen LogP contribution >= 0.6 is 11.6 Å². The zero-order chi connectivity index (χ0) is 34.8. The molecule has 4 aromatic rings. The monoisotopic (exact) mass is 695 g/mol. The van der Waals surface area contributed by atoms with Crippen LogP contribution in [-0.2, 0) is 32.6 Å². The molecule has 0 saturated carbocycles. The Balaban J connectivity index is 1.87. The molecule has 0 aliphatic carbocycles. The van der Waals surface area contributed by atoms with Crippen LogP contribution in [0.1, 0.15) is 11.1 Å². The third-order valence-electron chi connectivity index (χ3n) is 7.64. The Morgan fingerprint density at radius 3 is 2.08 bits per heavy atom. The molecular weight excluding hydrogens is 658 g/mol. The summed E-state index contributed by atoms with van der Waals surface area (Å²) in [5.41, 5.74) is 1.49. The molecule has 0 aliphatic rings. The molecule has 4 rings (SSSR count). The van der Waals surface area contributed by atoms with Crippen LogP contribution in [0.3, 0.4) is 0 Å². The first-order chi connectivity index (χ1) is 23.1. The maximum Gasteiger partial charge on any atom is 0.265 e. The lowest BCUT2D eigenvalue weighted by atomic mass is 10.0. The van der Waals surface area contributed by atoms with Crippen molar-refractivity contribution in [3.05, 3.63) is 107 Å². The Labute approximate surface area is 286 Å². The summed E-state index contributed by atoms with van der Waals surface area (Å²) in [6, 6.07) is 23.9. The number of likely N-dealkylation sites (N-methyl/N-ethyl adjacent to an activating group) is 1. The van der Waals surface area contributed by atoms with Gasteiger partial charge in [-0.15, -0.1) is 0 Å². The fourth-order valence-corrected chi connectivity index (χ4v) is 6.76. The Hall–Kier alpha value is -4.94. The van der Waals surface area contributed by atoms with Crippen LogP contribution < -0.4 is 28.6 Å². The van der Waals surface area contributed by atoms with Crippen molar-refractivity contribution < 1.29 is 37.0 Å². The molecular formula is C35H38ClN3O8S. The fraction of sp³-hybridized carbons (Fsp3) is 0.257. The molecule has 2 amide bonds. The first-order valence-corrected chi connectivity index (χ1v) is 16.6. The van der Waals surface area contributed by atoms with Crippen molar-refractivity contribution in [2.24, 2.45) is 0 Å². The molecule has 4 aromatic carbocycles. The van der Waals surface area contributed by atoms with E-state index >= 15 is 0 Å². The fourth-order valence-electron chi connectivity index (χ4n) is 5.16. The van der Waals surface area contributed by atoms with E-state index < -0.39 is 34.4 Å². The highest BCUT2D eigenvalue weighted by Crippen LogP contribution is 2.37. The maximum atomic E-state index is 14.6. The van der Waals surface area contributed by atoms with Crippen molar-refractivity contribution in [3.8, 4) is 23.0 Å². The Morgan fingerprint density at radius 2 is 1.44 bits per heavy atom. The van der Waals surface area contributed by atoms with E-state index in [1.165, 1.54) is 70.7 Å². The zero-order valence-electron chi connectivity index (χ0n) is 27.3. The molecule has 0 heterocycles. The number of carbonyl (C=O) groups is 2. The molecule has 0 saturated heterocycles. The van der Waals surface area contributed by atoms with Gasteiger partial charge in [-0.2, -0.15) is 0 Å². The Bertz CT molecular complexity index is 1840. The number of sulfonamides is 1. The van der Waals surface area contributed by atoms with Gasteiger partial charge in [0.25, 0.3) is 10.0 Å². The van der Waals surface area contributed by atoms with Crippen LogP contribution in [0.2, 0.25) is 5.02 Å². The number of benzene rings is 4. The van der Waals surface area contributed by atoms with Crippen molar-refractivity contribution in [2.75, 3.05) is 46.3 Å². The van der Waals surface area contributed by atoms with E-state index in [0.29, 0.717) is 17.1 Å². The maximum absolute atomic E-state index is 14.6. The summed E-state index contributed by atoms with van der Waals surface area (Å²) in [6.45, 7) is -0.739. The predicted molar refractivity (Wildman–Crippen MR) is 184 cm³/mol. The van der Waals surface area contributed by atoms with E-state index in [1.807, 2.05) is 30.3 Å². The number of nitrogens with zero attached hydrogens (tertiary/aromatic N) is 2. The SMILES string of the molecule is CNC(=O)[C@@H](Cc1ccccc1)N(Cc1cccc(OC)c1)C(=O)CN(c1cc(Cl)ccc1OC)S(=O)(=O)c1ccc(OC)c(OC)c1. The normalized spacial score (nSPS) is 11.6. The van der Waals surface area contributed by atoms with Crippen molar-refractivity contribution in [1.29, 1.82) is 0 Å². The third-order valence-corrected chi connectivity index (χ3v) is 9.63. The first-order valence-electron chi connectivity index (χ1n) is 14.8. The summed E-state index contributed by atoms with van der Waals surface area (Å²) in [7, 11) is 2.72. The minimum absolute atomic E-state index is 0.0222. The van der Waals surface area contributed by atoms with Gasteiger partial charge in [-0.25, -0.2) is 8.42 Å². The number of carbonyl (C=O) groups excluding carboxylic acids is 2. The Morgan fingerprint density at radius 1 is 0.771 bits per heavy atom. The Kier molecular flexibility index (Phi) is 12.2. The second-order valence-electron chi connectivity index (χ2n) is 10.5. The molecule has 48 heavy (non-hydrogen) atoms. The number of anilines is 1. The minimum Gasteiger partial charge on any atom is -0.497 e. The van der Waals surface area contributed by atoms with Crippen LogP contribution in [0, 0.1) is 0 Å². The lowest BCUT2D eigenvalue weighted by Crippen LogP contribution is -2.53. The average Bonchev–Trinajstić information content (AvgIpc) is 3.11. The summed E-state index contributed by atoms with van der Waals surface area (Å²) >= 11 is 6.36. The highest BCUT2D eigenvalue weighted by Gasteiger charge is 2.36. The smallest absolute Gasteiger partial charge is 0.265 e. The number of ether oxygens (including phenoxy) is 4. The molecule has 1 N–H and O–H groups in total. The van der Waals surface area contributed by atoms with E-state index in [0.717, 1.165) is 9.87 Å². The van der Waals surface area contributed by atoms with Gasteiger partial charge in [0.2, 0.25) is 11.8 Å². The zero-order valence-corrected chi connectivity index (χ0v) is 28.9. The van der Waals surface area contributed by atoms with Gasteiger partial charge < -0.3 is 29.2 Å². The molecule has 254 valence electrons. The number of rotatable bonds is 15. The highest BCUT2D eigenvalue weighted by molar-refractivity contribution is 7.92. The standard InChI is InChI=1S/C35H38ClN3O8S/c1-37-35(41)30(19-24-10-7-6-8-11-24)38(22-25-12-9-13-27(18-25)44-2)34(40)23-39(29-20-26(36)14-16-31(29)45-3)48(42,43)28-15-17-32(46-4)33(21-28)47-5/h6-18,20-21,30H,19,22-23H2,1-5H3,(H,37,41)/t30-/m1/s1. The topological polar surface area (TPSA) is 124 Å². The van der Waals surface area contributed by atoms with Gasteiger partial charge >= 0.3 is 0 Å². The van der Waals surface area contributed by atoms with Crippen LogP contribution in [0.15, 0.2) is 95.9 Å². The average molecular weight is 696 g/mol. The van der Waals surface area contributed by atoms with Gasteiger partial charge in [-0.1, -0.05) is 54.1 Å². The molecule has 0 aliphatic heterocycles. The number of methoxy groups -OCH3 is 4. The summed E-state index contributed by atoms with van der Waals surface area (Å²) < 4.78 is 51.5. The van der Waals surface area contributed by atoms with Crippen LogP contribution in [-0.4, -0.2) is 73.2 Å². The summed E-state index contributed by atoms with van der Waals surface area (Å²) in [5.74, 6) is 0.116. The molecule has 0 bridgehead atoms. The van der Waals surface area contributed by atoms with E-state index in [9.17, 15) is 18.0 Å². The number of hydrogen-bond donors (Lipinski definition) is 1. The van der Waals surface area contributed by atoms with E-state index in [1.54, 1.807) is 30.3 Å².